The number of benzene rings is 1. The summed E-state index contributed by atoms with van der Waals surface area (Å²) >= 11 is 1.46. The van der Waals surface area contributed by atoms with Gasteiger partial charge in [0.25, 0.3) is 5.91 Å². The van der Waals surface area contributed by atoms with Gasteiger partial charge in [0, 0.05) is 4.88 Å². The predicted octanol–water partition coefficient (Wildman–Crippen LogP) is 6.74. The van der Waals surface area contributed by atoms with Crippen LogP contribution in [0.4, 0.5) is 5.00 Å². The molecule has 1 aromatic carbocycles. The van der Waals surface area contributed by atoms with Crippen LogP contribution in [-0.2, 0) is 30.6 Å². The largest absolute Gasteiger partial charge is 0.485 e. The molecule has 1 N–H and O–H groups in total. The van der Waals surface area contributed by atoms with E-state index in [4.69, 9.17) is 13.9 Å². The first-order valence-electron chi connectivity index (χ1n) is 12.1. The number of ether oxygens (including phenoxy) is 2. The van der Waals surface area contributed by atoms with Crippen molar-refractivity contribution in [1.82, 2.24) is 0 Å². The summed E-state index contributed by atoms with van der Waals surface area (Å²) in [5, 5.41) is 3.43. The smallest absolute Gasteiger partial charge is 0.341 e. The normalized spacial score (nSPS) is 13.5. The lowest BCUT2D eigenvalue weighted by Crippen LogP contribution is -2.18. The average molecular weight is 494 g/mol. The molecule has 0 saturated heterocycles. The number of carbonyl (C=O) groups is 2. The standard InChI is InChI=1S/C28H31NO5S/c1-4-10-19-11-6-8-13-22(19)32-17-20-15-16-23(34-20)26(30)29-27-25(28(31)33-18(3)5-2)21-12-7-9-14-24(21)35-27/h4,6,8,11,13,15-16,18H,1,5,7,9-10,12,14,17H2,2-3H3,(H,29,30). The van der Waals surface area contributed by atoms with Gasteiger partial charge < -0.3 is 19.2 Å². The zero-order valence-electron chi connectivity index (χ0n) is 20.2. The molecule has 7 heteroatoms. The second-order valence-corrected chi connectivity index (χ2v) is 9.75. The van der Waals surface area contributed by atoms with Crippen molar-refractivity contribution in [1.29, 1.82) is 0 Å². The van der Waals surface area contributed by atoms with Crippen molar-refractivity contribution >= 4 is 28.2 Å². The molecule has 0 radical (unpaired) electrons. The molecule has 1 aliphatic rings. The van der Waals surface area contributed by atoms with Gasteiger partial charge in [-0.25, -0.2) is 4.79 Å². The van der Waals surface area contributed by atoms with Crippen molar-refractivity contribution in [2.75, 3.05) is 5.32 Å². The van der Waals surface area contributed by atoms with E-state index in [1.165, 1.54) is 11.3 Å². The van der Waals surface area contributed by atoms with Crippen molar-refractivity contribution in [3.63, 3.8) is 0 Å². The molecule has 0 aliphatic heterocycles. The Bertz CT molecular complexity index is 1210. The van der Waals surface area contributed by atoms with Crippen LogP contribution in [0.3, 0.4) is 0 Å². The van der Waals surface area contributed by atoms with Gasteiger partial charge in [0.2, 0.25) is 0 Å². The van der Waals surface area contributed by atoms with E-state index in [1.807, 2.05) is 44.2 Å². The van der Waals surface area contributed by atoms with Crippen molar-refractivity contribution in [3.8, 4) is 5.75 Å². The molecule has 35 heavy (non-hydrogen) atoms. The van der Waals surface area contributed by atoms with Crippen molar-refractivity contribution < 1.29 is 23.5 Å². The quantitative estimate of drug-likeness (QED) is 0.250. The van der Waals surface area contributed by atoms with Crippen LogP contribution in [0.5, 0.6) is 5.75 Å². The monoisotopic (exact) mass is 493 g/mol. The van der Waals surface area contributed by atoms with E-state index in [1.54, 1.807) is 12.1 Å². The van der Waals surface area contributed by atoms with Crippen LogP contribution in [0.15, 0.2) is 53.5 Å². The zero-order chi connectivity index (χ0) is 24.8. The number of esters is 1. The molecule has 0 spiro atoms. The number of amides is 1. The van der Waals surface area contributed by atoms with E-state index in [-0.39, 0.29) is 24.4 Å². The Morgan fingerprint density at radius 2 is 2.00 bits per heavy atom. The highest BCUT2D eigenvalue weighted by Crippen LogP contribution is 2.39. The van der Waals surface area contributed by atoms with Crippen molar-refractivity contribution in [2.45, 2.75) is 65.1 Å². The molecule has 2 heterocycles. The molecular formula is C28H31NO5S. The fourth-order valence-electron chi connectivity index (χ4n) is 4.05. The van der Waals surface area contributed by atoms with E-state index in [0.29, 0.717) is 22.7 Å². The van der Waals surface area contributed by atoms with Crippen molar-refractivity contribution in [3.05, 3.63) is 82.1 Å². The lowest BCUT2D eigenvalue weighted by atomic mass is 9.95. The number of aryl methyl sites for hydroxylation is 1. The number of fused-ring (bicyclic) bond motifs is 1. The number of furan rings is 1. The second kappa shape index (κ2) is 11.4. The van der Waals surface area contributed by atoms with Crippen LogP contribution in [0.2, 0.25) is 0 Å². The summed E-state index contributed by atoms with van der Waals surface area (Å²) in [4.78, 5) is 27.1. The van der Waals surface area contributed by atoms with Gasteiger partial charge in [-0.3, -0.25) is 4.79 Å². The third kappa shape index (κ3) is 5.85. The number of para-hydroxylation sites is 1. The molecule has 1 aliphatic carbocycles. The first-order valence-corrected chi connectivity index (χ1v) is 12.9. The first-order chi connectivity index (χ1) is 17.0. The van der Waals surface area contributed by atoms with Crippen LogP contribution in [-0.4, -0.2) is 18.0 Å². The van der Waals surface area contributed by atoms with E-state index in [0.717, 1.165) is 53.9 Å². The molecule has 1 amide bonds. The van der Waals surface area contributed by atoms with Gasteiger partial charge in [-0.1, -0.05) is 31.2 Å². The highest BCUT2D eigenvalue weighted by atomic mass is 32.1. The first kappa shape index (κ1) is 24.8. The highest BCUT2D eigenvalue weighted by molar-refractivity contribution is 7.17. The molecule has 3 aromatic rings. The summed E-state index contributed by atoms with van der Waals surface area (Å²) in [7, 11) is 0. The zero-order valence-corrected chi connectivity index (χ0v) is 21.0. The summed E-state index contributed by atoms with van der Waals surface area (Å²) in [6.07, 6.45) is 6.92. The van der Waals surface area contributed by atoms with Gasteiger partial charge in [0.05, 0.1) is 11.7 Å². The third-order valence-electron chi connectivity index (χ3n) is 6.08. The number of hydrogen-bond donors (Lipinski definition) is 1. The number of anilines is 1. The maximum Gasteiger partial charge on any atom is 0.341 e. The van der Waals surface area contributed by atoms with Crippen LogP contribution in [0.1, 0.15) is 75.8 Å². The number of nitrogens with one attached hydrogen (secondary N) is 1. The lowest BCUT2D eigenvalue weighted by molar-refractivity contribution is 0.0335. The van der Waals surface area contributed by atoms with Crippen LogP contribution < -0.4 is 10.1 Å². The molecule has 1 atom stereocenters. The van der Waals surface area contributed by atoms with Crippen LogP contribution in [0, 0.1) is 0 Å². The lowest BCUT2D eigenvalue weighted by Gasteiger charge is -2.15. The Kier molecular flexibility index (Phi) is 8.08. The molecule has 1 unspecified atom stereocenters. The Balaban J connectivity index is 1.47. The molecule has 6 nitrogen and oxygen atoms in total. The average Bonchev–Trinajstić information content (AvgIpc) is 3.48. The van der Waals surface area contributed by atoms with Crippen LogP contribution >= 0.6 is 11.3 Å². The Hall–Kier alpha value is -3.32. The number of hydrogen-bond acceptors (Lipinski definition) is 6. The molecular weight excluding hydrogens is 462 g/mol. The fraction of sp³-hybridized carbons (Fsp3) is 0.357. The van der Waals surface area contributed by atoms with Gasteiger partial charge >= 0.3 is 5.97 Å². The van der Waals surface area contributed by atoms with E-state index < -0.39 is 5.91 Å². The number of carbonyl (C=O) groups excluding carboxylic acids is 2. The van der Waals surface area contributed by atoms with Crippen molar-refractivity contribution in [2.24, 2.45) is 0 Å². The van der Waals surface area contributed by atoms with E-state index in [2.05, 4.69) is 11.9 Å². The minimum atomic E-state index is -0.403. The maximum atomic E-state index is 13.0. The van der Waals surface area contributed by atoms with Gasteiger partial charge in [-0.05, 0) is 74.8 Å². The highest BCUT2D eigenvalue weighted by Gasteiger charge is 2.28. The minimum absolute atomic E-state index is 0.163. The van der Waals surface area contributed by atoms with Gasteiger partial charge in [0.15, 0.2) is 5.76 Å². The number of rotatable bonds is 10. The van der Waals surface area contributed by atoms with Gasteiger partial charge in [0.1, 0.15) is 23.1 Å². The van der Waals surface area contributed by atoms with E-state index >= 15 is 0 Å². The summed E-state index contributed by atoms with van der Waals surface area (Å²) in [6.45, 7) is 7.82. The molecule has 0 saturated carbocycles. The summed E-state index contributed by atoms with van der Waals surface area (Å²) in [5.41, 5.74) is 2.54. The molecule has 184 valence electrons. The minimum Gasteiger partial charge on any atom is -0.485 e. The molecule has 4 rings (SSSR count). The Morgan fingerprint density at radius 1 is 1.20 bits per heavy atom. The number of allylic oxidation sites excluding steroid dienone is 1. The van der Waals surface area contributed by atoms with Gasteiger partial charge in [-0.2, -0.15) is 0 Å². The van der Waals surface area contributed by atoms with E-state index in [9.17, 15) is 9.59 Å². The molecule has 2 aromatic heterocycles. The Morgan fingerprint density at radius 3 is 2.80 bits per heavy atom. The maximum absolute atomic E-state index is 13.0. The Labute approximate surface area is 209 Å². The van der Waals surface area contributed by atoms with Crippen LogP contribution in [0.25, 0.3) is 0 Å². The van der Waals surface area contributed by atoms with Gasteiger partial charge in [-0.15, -0.1) is 17.9 Å². The molecule has 0 bridgehead atoms. The summed E-state index contributed by atoms with van der Waals surface area (Å²) < 4.78 is 17.3. The summed E-state index contributed by atoms with van der Waals surface area (Å²) in [6, 6.07) is 11.1. The molecule has 0 fully saturated rings. The summed E-state index contributed by atoms with van der Waals surface area (Å²) in [5.74, 6) is 0.671. The second-order valence-electron chi connectivity index (χ2n) is 8.65. The topological polar surface area (TPSA) is 77.8 Å². The predicted molar refractivity (Wildman–Crippen MR) is 137 cm³/mol. The fourth-order valence-corrected chi connectivity index (χ4v) is 5.33. The number of thiophene rings is 1. The third-order valence-corrected chi connectivity index (χ3v) is 7.29. The SMILES string of the molecule is C=CCc1ccccc1OCc1ccc(C(=O)Nc2sc3c(c2C(=O)OC(C)CC)CCCC3)o1.